The van der Waals surface area contributed by atoms with Gasteiger partial charge in [0.25, 0.3) is 5.91 Å². The zero-order valence-electron chi connectivity index (χ0n) is 21.1. The van der Waals surface area contributed by atoms with Crippen molar-refractivity contribution in [1.29, 1.82) is 0 Å². The first-order valence-electron chi connectivity index (χ1n) is 12.6. The lowest BCUT2D eigenvalue weighted by molar-refractivity contribution is -0.118. The zero-order valence-corrected chi connectivity index (χ0v) is 21.1. The number of amides is 1. The topological polar surface area (TPSA) is 114 Å². The van der Waals surface area contributed by atoms with Gasteiger partial charge in [-0.1, -0.05) is 50.9 Å². The third-order valence-corrected chi connectivity index (χ3v) is 6.36. The second kappa shape index (κ2) is 11.7. The number of ketones is 1. The average Bonchev–Trinajstić information content (AvgIpc) is 3.58. The summed E-state index contributed by atoms with van der Waals surface area (Å²) >= 11 is 0. The number of benzene rings is 1. The standard InChI is InChI=1S/C28H33N5O3/c1-4-22(34)8-6-5-7-9-23(32-28(35)24-15-26(18(2)3)36-33-24)27-30-17-25(31-27)20-11-10-19-12-13-29-16-21(19)14-20/h10-18,23H,4-9H2,1-3H3,(H,30,31)(H,32,35)/t23-/m0/s1. The Morgan fingerprint density at radius 3 is 2.69 bits per heavy atom. The number of unbranched alkanes of at least 4 members (excludes halogenated alkanes) is 2. The number of carbonyl (C=O) groups is 2. The number of rotatable bonds is 12. The minimum atomic E-state index is -0.325. The van der Waals surface area contributed by atoms with E-state index in [1.54, 1.807) is 18.5 Å². The molecule has 4 rings (SSSR count). The van der Waals surface area contributed by atoms with Gasteiger partial charge in [0, 0.05) is 48.2 Å². The number of imidazole rings is 1. The summed E-state index contributed by atoms with van der Waals surface area (Å²) in [5, 5.41) is 9.18. The Balaban J connectivity index is 1.50. The van der Waals surface area contributed by atoms with E-state index in [4.69, 9.17) is 4.52 Å². The van der Waals surface area contributed by atoms with Gasteiger partial charge in [-0.05, 0) is 30.4 Å². The third kappa shape index (κ3) is 6.24. The van der Waals surface area contributed by atoms with Gasteiger partial charge in [-0.2, -0.15) is 0 Å². The highest BCUT2D eigenvalue weighted by Crippen LogP contribution is 2.26. The lowest BCUT2D eigenvalue weighted by atomic mass is 10.0. The summed E-state index contributed by atoms with van der Waals surface area (Å²) in [7, 11) is 0. The maximum absolute atomic E-state index is 13.0. The van der Waals surface area contributed by atoms with Gasteiger partial charge < -0.3 is 14.8 Å². The highest BCUT2D eigenvalue weighted by atomic mass is 16.5. The number of aromatic nitrogens is 4. The maximum atomic E-state index is 13.0. The zero-order chi connectivity index (χ0) is 25.5. The maximum Gasteiger partial charge on any atom is 0.274 e. The van der Waals surface area contributed by atoms with E-state index in [1.165, 1.54) is 0 Å². The first kappa shape index (κ1) is 25.3. The average molecular weight is 488 g/mol. The number of nitrogens with zero attached hydrogens (tertiary/aromatic N) is 3. The van der Waals surface area contributed by atoms with Crippen LogP contribution in [0, 0.1) is 0 Å². The number of aromatic amines is 1. The first-order chi connectivity index (χ1) is 17.4. The van der Waals surface area contributed by atoms with Gasteiger partial charge in [0.2, 0.25) is 0 Å². The predicted molar refractivity (Wildman–Crippen MR) is 139 cm³/mol. The summed E-state index contributed by atoms with van der Waals surface area (Å²) in [6.07, 6.45) is 9.89. The minimum absolute atomic E-state index is 0.144. The van der Waals surface area contributed by atoms with Crippen LogP contribution in [0.2, 0.25) is 0 Å². The van der Waals surface area contributed by atoms with Crippen LogP contribution in [0.3, 0.4) is 0 Å². The first-order valence-corrected chi connectivity index (χ1v) is 12.6. The van der Waals surface area contributed by atoms with Gasteiger partial charge >= 0.3 is 0 Å². The number of hydrogen-bond donors (Lipinski definition) is 2. The van der Waals surface area contributed by atoms with Crippen molar-refractivity contribution in [2.24, 2.45) is 0 Å². The normalized spacial score (nSPS) is 12.2. The Hall–Kier alpha value is -3.81. The molecule has 2 N–H and O–H groups in total. The van der Waals surface area contributed by atoms with Crippen LogP contribution in [0.25, 0.3) is 22.0 Å². The van der Waals surface area contributed by atoms with Crippen molar-refractivity contribution < 1.29 is 14.1 Å². The van der Waals surface area contributed by atoms with Crippen molar-refractivity contribution in [1.82, 2.24) is 25.4 Å². The summed E-state index contributed by atoms with van der Waals surface area (Å²) in [5.74, 6) is 1.48. The molecule has 3 heterocycles. The lowest BCUT2D eigenvalue weighted by Crippen LogP contribution is -2.29. The quantitative estimate of drug-likeness (QED) is 0.232. The summed E-state index contributed by atoms with van der Waals surface area (Å²) < 4.78 is 5.31. The monoisotopic (exact) mass is 487 g/mol. The van der Waals surface area contributed by atoms with E-state index in [0.717, 1.165) is 41.3 Å². The molecule has 0 spiro atoms. The molecule has 1 aromatic carbocycles. The minimum Gasteiger partial charge on any atom is -0.360 e. The van der Waals surface area contributed by atoms with Crippen LogP contribution in [-0.4, -0.2) is 31.8 Å². The van der Waals surface area contributed by atoms with Gasteiger partial charge in [0.15, 0.2) is 5.69 Å². The van der Waals surface area contributed by atoms with Crippen LogP contribution in [0.4, 0.5) is 0 Å². The molecule has 0 radical (unpaired) electrons. The molecule has 8 heteroatoms. The van der Waals surface area contributed by atoms with Gasteiger partial charge in [-0.25, -0.2) is 4.98 Å². The van der Waals surface area contributed by atoms with Crippen LogP contribution >= 0.6 is 0 Å². The van der Waals surface area contributed by atoms with E-state index < -0.39 is 0 Å². The van der Waals surface area contributed by atoms with E-state index in [1.807, 2.05) is 39.1 Å². The second-order valence-electron chi connectivity index (χ2n) is 9.41. The number of pyridine rings is 1. The van der Waals surface area contributed by atoms with Gasteiger partial charge in [-0.3, -0.25) is 14.6 Å². The fraction of sp³-hybridized carbons (Fsp3) is 0.393. The van der Waals surface area contributed by atoms with Crippen molar-refractivity contribution in [3.8, 4) is 11.3 Å². The van der Waals surface area contributed by atoms with Crippen LogP contribution < -0.4 is 5.32 Å². The van der Waals surface area contributed by atoms with E-state index in [9.17, 15) is 9.59 Å². The molecule has 36 heavy (non-hydrogen) atoms. The van der Waals surface area contributed by atoms with Crippen molar-refractivity contribution in [2.45, 2.75) is 71.3 Å². The molecule has 0 saturated carbocycles. The molecular formula is C28H33N5O3. The summed E-state index contributed by atoms with van der Waals surface area (Å²) in [6.45, 7) is 5.87. The summed E-state index contributed by atoms with van der Waals surface area (Å²) in [4.78, 5) is 36.8. The highest BCUT2D eigenvalue weighted by Gasteiger charge is 2.22. The number of nitrogens with one attached hydrogen (secondary N) is 2. The Kier molecular flexibility index (Phi) is 8.25. The van der Waals surface area contributed by atoms with E-state index >= 15 is 0 Å². The molecule has 1 atom stereocenters. The Bertz CT molecular complexity index is 1320. The van der Waals surface area contributed by atoms with Gasteiger partial charge in [-0.15, -0.1) is 0 Å². The molecule has 0 aliphatic heterocycles. The van der Waals surface area contributed by atoms with Crippen molar-refractivity contribution in [3.63, 3.8) is 0 Å². The Morgan fingerprint density at radius 2 is 1.92 bits per heavy atom. The number of carbonyl (C=O) groups excluding carboxylic acids is 2. The van der Waals surface area contributed by atoms with Crippen LogP contribution in [0.5, 0.6) is 0 Å². The molecule has 4 aromatic rings. The molecule has 0 aliphatic rings. The second-order valence-corrected chi connectivity index (χ2v) is 9.41. The van der Waals surface area contributed by atoms with Gasteiger partial charge in [0.05, 0.1) is 17.9 Å². The molecule has 0 aliphatic carbocycles. The number of H-pyrrole nitrogens is 1. The molecule has 3 aromatic heterocycles. The number of Topliss-reactive ketones (excluding diaryl/α,β-unsaturated/α-hetero) is 1. The number of fused-ring (bicyclic) bond motifs is 1. The van der Waals surface area contributed by atoms with E-state index in [-0.39, 0.29) is 29.3 Å². The highest BCUT2D eigenvalue weighted by molar-refractivity contribution is 5.92. The smallest absolute Gasteiger partial charge is 0.274 e. The van der Waals surface area contributed by atoms with Crippen molar-refractivity contribution in [3.05, 3.63) is 66.2 Å². The molecule has 0 fully saturated rings. The fourth-order valence-corrected chi connectivity index (χ4v) is 4.11. The molecule has 0 saturated heterocycles. The van der Waals surface area contributed by atoms with Crippen LogP contribution in [0.1, 0.15) is 93.3 Å². The molecule has 8 nitrogen and oxygen atoms in total. The van der Waals surface area contributed by atoms with Gasteiger partial charge in [0.1, 0.15) is 17.4 Å². The summed E-state index contributed by atoms with van der Waals surface area (Å²) in [6, 6.07) is 9.51. The lowest BCUT2D eigenvalue weighted by Gasteiger charge is -2.16. The Morgan fingerprint density at radius 1 is 1.06 bits per heavy atom. The van der Waals surface area contributed by atoms with Crippen LogP contribution in [-0.2, 0) is 4.79 Å². The van der Waals surface area contributed by atoms with E-state index in [0.29, 0.717) is 30.8 Å². The molecular weight excluding hydrogens is 454 g/mol. The third-order valence-electron chi connectivity index (χ3n) is 6.36. The molecule has 188 valence electrons. The predicted octanol–water partition coefficient (Wildman–Crippen LogP) is 6.14. The molecule has 0 bridgehead atoms. The van der Waals surface area contributed by atoms with E-state index in [2.05, 4.69) is 37.6 Å². The SMILES string of the molecule is CCC(=O)CCCCC[C@H](NC(=O)c1cc(C(C)C)on1)c1ncc(-c2ccc3ccncc3c2)[nH]1. The number of hydrogen-bond acceptors (Lipinski definition) is 6. The molecule has 1 amide bonds. The largest absolute Gasteiger partial charge is 0.360 e. The molecule has 0 unspecified atom stereocenters. The Labute approximate surface area is 210 Å². The fourth-order valence-electron chi connectivity index (χ4n) is 4.11. The van der Waals surface area contributed by atoms with Crippen molar-refractivity contribution in [2.75, 3.05) is 0 Å². The summed E-state index contributed by atoms with van der Waals surface area (Å²) in [5.41, 5.74) is 2.12. The van der Waals surface area contributed by atoms with Crippen LogP contribution in [0.15, 0.2) is 53.4 Å². The van der Waals surface area contributed by atoms with Crippen molar-refractivity contribution >= 4 is 22.5 Å².